The molecule has 0 N–H and O–H groups in total. The Morgan fingerprint density at radius 3 is 2.81 bits per heavy atom. The molecule has 0 bridgehead atoms. The lowest BCUT2D eigenvalue weighted by molar-refractivity contribution is 0.100. The monoisotopic (exact) mass is 219 g/mol. The van der Waals surface area contributed by atoms with E-state index in [4.69, 9.17) is 0 Å². The Morgan fingerprint density at radius 1 is 1.50 bits per heavy atom. The average Bonchev–Trinajstić information content (AvgIpc) is 2.64. The van der Waals surface area contributed by atoms with Crippen molar-refractivity contribution < 1.29 is 4.79 Å². The molecule has 0 aliphatic carbocycles. The minimum atomic E-state index is -0.0590. The first-order chi connectivity index (χ1) is 7.56. The molecule has 1 aliphatic heterocycles. The number of ketones is 1. The Kier molecular flexibility index (Phi) is 3.01. The second kappa shape index (κ2) is 4.29. The van der Waals surface area contributed by atoms with E-state index < -0.39 is 0 Å². The standard InChI is InChI=1S/C12H17N3O/c1-8-6-11(10-4-5-15(3)7-10)14-12(13-8)9(2)16/h6,10H,4-5,7H2,1-3H3. The number of nitrogens with zero attached hydrogens (tertiary/aromatic N) is 3. The molecule has 0 spiro atoms. The Hall–Kier alpha value is -1.29. The molecule has 1 saturated heterocycles. The first-order valence-electron chi connectivity index (χ1n) is 5.61. The molecule has 1 aliphatic rings. The van der Waals surface area contributed by atoms with Gasteiger partial charge in [0.2, 0.25) is 0 Å². The third kappa shape index (κ3) is 2.27. The lowest BCUT2D eigenvalue weighted by Crippen LogP contribution is -2.15. The van der Waals surface area contributed by atoms with E-state index in [1.165, 1.54) is 6.92 Å². The third-order valence-electron chi connectivity index (χ3n) is 3.00. The fraction of sp³-hybridized carbons (Fsp3) is 0.583. The van der Waals surface area contributed by atoms with Gasteiger partial charge < -0.3 is 4.90 Å². The zero-order valence-electron chi connectivity index (χ0n) is 10.0. The van der Waals surface area contributed by atoms with Gasteiger partial charge in [-0.15, -0.1) is 0 Å². The Labute approximate surface area is 95.7 Å². The number of aromatic nitrogens is 2. The molecule has 0 aromatic carbocycles. The summed E-state index contributed by atoms with van der Waals surface area (Å²) in [6.07, 6.45) is 1.12. The molecule has 2 rings (SSSR count). The maximum atomic E-state index is 11.3. The zero-order chi connectivity index (χ0) is 11.7. The Bertz CT molecular complexity index is 417. The van der Waals surface area contributed by atoms with E-state index in [2.05, 4.69) is 21.9 Å². The van der Waals surface area contributed by atoms with Gasteiger partial charge in [0.1, 0.15) is 0 Å². The van der Waals surface area contributed by atoms with Gasteiger partial charge in [0.25, 0.3) is 0 Å². The molecule has 1 atom stereocenters. The number of hydrogen-bond acceptors (Lipinski definition) is 4. The summed E-state index contributed by atoms with van der Waals surface area (Å²) in [5, 5.41) is 0. The number of aryl methyl sites for hydroxylation is 1. The molecule has 2 heterocycles. The van der Waals surface area contributed by atoms with Crippen LogP contribution in [-0.4, -0.2) is 40.8 Å². The van der Waals surface area contributed by atoms with Crippen LogP contribution in [0, 0.1) is 6.92 Å². The van der Waals surface area contributed by atoms with Crippen LogP contribution >= 0.6 is 0 Å². The van der Waals surface area contributed by atoms with Crippen LogP contribution in [0.3, 0.4) is 0 Å². The number of rotatable bonds is 2. The van der Waals surface area contributed by atoms with Gasteiger partial charge in [-0.3, -0.25) is 4.79 Å². The van der Waals surface area contributed by atoms with Gasteiger partial charge >= 0.3 is 0 Å². The van der Waals surface area contributed by atoms with Gasteiger partial charge in [0, 0.05) is 30.8 Å². The fourth-order valence-corrected chi connectivity index (χ4v) is 2.14. The highest BCUT2D eigenvalue weighted by Gasteiger charge is 2.23. The Balaban J connectivity index is 2.30. The van der Waals surface area contributed by atoms with Crippen LogP contribution in [-0.2, 0) is 0 Å². The summed E-state index contributed by atoms with van der Waals surface area (Å²) in [5.74, 6) is 0.741. The molecule has 4 nitrogen and oxygen atoms in total. The van der Waals surface area contributed by atoms with Crippen molar-refractivity contribution >= 4 is 5.78 Å². The molecular weight excluding hydrogens is 202 g/mol. The molecule has 86 valence electrons. The summed E-state index contributed by atoms with van der Waals surface area (Å²) in [7, 11) is 2.11. The average molecular weight is 219 g/mol. The minimum absolute atomic E-state index is 0.0590. The SMILES string of the molecule is CC(=O)c1nc(C)cc(C2CCN(C)C2)n1. The highest BCUT2D eigenvalue weighted by Crippen LogP contribution is 2.25. The molecule has 1 fully saturated rings. The van der Waals surface area contributed by atoms with Crippen LogP contribution in [0.15, 0.2) is 6.07 Å². The van der Waals surface area contributed by atoms with E-state index >= 15 is 0 Å². The van der Waals surface area contributed by atoms with Crippen LogP contribution in [0.2, 0.25) is 0 Å². The minimum Gasteiger partial charge on any atom is -0.306 e. The van der Waals surface area contributed by atoms with Gasteiger partial charge in [-0.05, 0) is 33.0 Å². The normalized spacial score (nSPS) is 21.3. The molecule has 0 amide bonds. The van der Waals surface area contributed by atoms with Crippen molar-refractivity contribution in [2.45, 2.75) is 26.2 Å². The van der Waals surface area contributed by atoms with E-state index in [-0.39, 0.29) is 5.78 Å². The van der Waals surface area contributed by atoms with Gasteiger partial charge in [-0.25, -0.2) is 9.97 Å². The van der Waals surface area contributed by atoms with Crippen molar-refractivity contribution in [3.05, 3.63) is 23.3 Å². The van der Waals surface area contributed by atoms with Crippen LogP contribution in [0.25, 0.3) is 0 Å². The summed E-state index contributed by atoms with van der Waals surface area (Å²) >= 11 is 0. The van der Waals surface area contributed by atoms with Crippen LogP contribution in [0.4, 0.5) is 0 Å². The third-order valence-corrected chi connectivity index (χ3v) is 3.00. The highest BCUT2D eigenvalue weighted by atomic mass is 16.1. The molecule has 4 heteroatoms. The molecule has 0 radical (unpaired) electrons. The zero-order valence-corrected chi connectivity index (χ0v) is 10.0. The van der Waals surface area contributed by atoms with Crippen LogP contribution < -0.4 is 0 Å². The quantitative estimate of drug-likeness (QED) is 0.705. The predicted octanol–water partition coefficient (Wildman–Crippen LogP) is 1.41. The first kappa shape index (κ1) is 11.2. The summed E-state index contributed by atoms with van der Waals surface area (Å²) in [5.41, 5.74) is 1.90. The van der Waals surface area contributed by atoms with Crippen molar-refractivity contribution in [1.29, 1.82) is 0 Å². The van der Waals surface area contributed by atoms with E-state index in [9.17, 15) is 4.79 Å². The van der Waals surface area contributed by atoms with Crippen LogP contribution in [0.1, 0.15) is 41.3 Å². The van der Waals surface area contributed by atoms with E-state index in [0.717, 1.165) is 30.9 Å². The van der Waals surface area contributed by atoms with Crippen molar-refractivity contribution in [1.82, 2.24) is 14.9 Å². The molecule has 1 aromatic heterocycles. The van der Waals surface area contributed by atoms with E-state index in [1.54, 1.807) is 0 Å². The van der Waals surface area contributed by atoms with Gasteiger partial charge in [-0.2, -0.15) is 0 Å². The highest BCUT2D eigenvalue weighted by molar-refractivity contribution is 5.90. The first-order valence-corrected chi connectivity index (χ1v) is 5.61. The number of likely N-dealkylation sites (N-methyl/N-ethyl adjacent to an activating group) is 1. The second-order valence-corrected chi connectivity index (χ2v) is 4.56. The number of likely N-dealkylation sites (tertiary alicyclic amines) is 1. The lowest BCUT2D eigenvalue weighted by atomic mass is 10.0. The molecule has 1 unspecified atom stereocenters. The predicted molar refractivity (Wildman–Crippen MR) is 61.6 cm³/mol. The summed E-state index contributed by atoms with van der Waals surface area (Å²) in [6, 6.07) is 2.00. The largest absolute Gasteiger partial charge is 0.306 e. The van der Waals surface area contributed by atoms with Gasteiger partial charge in [0.05, 0.1) is 0 Å². The molecular formula is C12H17N3O. The smallest absolute Gasteiger partial charge is 0.196 e. The maximum absolute atomic E-state index is 11.3. The summed E-state index contributed by atoms with van der Waals surface area (Å²) in [6.45, 7) is 5.55. The Morgan fingerprint density at radius 2 is 2.25 bits per heavy atom. The number of Topliss-reactive ketones (excluding diaryl/α,β-unsaturated/α-hetero) is 1. The molecule has 0 saturated carbocycles. The van der Waals surface area contributed by atoms with E-state index in [0.29, 0.717) is 11.7 Å². The van der Waals surface area contributed by atoms with Gasteiger partial charge in [0.15, 0.2) is 11.6 Å². The van der Waals surface area contributed by atoms with Crippen molar-refractivity contribution in [2.75, 3.05) is 20.1 Å². The number of hydrogen-bond donors (Lipinski definition) is 0. The maximum Gasteiger partial charge on any atom is 0.196 e. The fourth-order valence-electron chi connectivity index (χ4n) is 2.14. The summed E-state index contributed by atoms with van der Waals surface area (Å²) in [4.78, 5) is 22.1. The summed E-state index contributed by atoms with van der Waals surface area (Å²) < 4.78 is 0. The second-order valence-electron chi connectivity index (χ2n) is 4.56. The molecule has 1 aromatic rings. The van der Waals surface area contributed by atoms with Crippen molar-refractivity contribution in [3.8, 4) is 0 Å². The lowest BCUT2D eigenvalue weighted by Gasteiger charge is -2.11. The van der Waals surface area contributed by atoms with E-state index in [1.807, 2.05) is 13.0 Å². The number of carbonyl (C=O) groups is 1. The van der Waals surface area contributed by atoms with Crippen LogP contribution in [0.5, 0.6) is 0 Å². The van der Waals surface area contributed by atoms with Crippen molar-refractivity contribution in [2.24, 2.45) is 0 Å². The number of carbonyl (C=O) groups excluding carboxylic acids is 1. The molecule has 16 heavy (non-hydrogen) atoms. The van der Waals surface area contributed by atoms with Gasteiger partial charge in [-0.1, -0.05) is 0 Å². The topological polar surface area (TPSA) is 46.1 Å². The van der Waals surface area contributed by atoms with Crippen molar-refractivity contribution in [3.63, 3.8) is 0 Å².